The Balaban J connectivity index is 3.63. The van der Waals surface area contributed by atoms with Crippen LogP contribution in [-0.4, -0.2) is 23.0 Å². The number of carbonyl (C=O) groups excluding carboxylic acids is 1. The lowest BCUT2D eigenvalue weighted by molar-refractivity contribution is -0.138. The Kier molecular flexibility index (Phi) is 5.37. The molecule has 1 unspecified atom stereocenters. The van der Waals surface area contributed by atoms with Crippen molar-refractivity contribution in [3.8, 4) is 12.3 Å². The SMILES string of the molecule is C#CCC(C)NC(=O)CCC(=O)O. The Morgan fingerprint density at radius 3 is 2.62 bits per heavy atom. The van der Waals surface area contributed by atoms with E-state index in [-0.39, 0.29) is 24.8 Å². The molecular formula is C9H13NO3. The first-order valence-electron chi connectivity index (χ1n) is 4.01. The summed E-state index contributed by atoms with van der Waals surface area (Å²) in [6.45, 7) is 1.78. The molecule has 0 heterocycles. The molecule has 1 amide bonds. The highest BCUT2D eigenvalue weighted by Gasteiger charge is 2.07. The minimum Gasteiger partial charge on any atom is -0.481 e. The summed E-state index contributed by atoms with van der Waals surface area (Å²) >= 11 is 0. The van der Waals surface area contributed by atoms with Gasteiger partial charge in [-0.3, -0.25) is 9.59 Å². The first-order valence-corrected chi connectivity index (χ1v) is 4.01. The van der Waals surface area contributed by atoms with Crippen LogP contribution in [0.5, 0.6) is 0 Å². The first kappa shape index (κ1) is 11.5. The van der Waals surface area contributed by atoms with Crippen LogP contribution in [0.3, 0.4) is 0 Å². The molecule has 0 rings (SSSR count). The van der Waals surface area contributed by atoms with Gasteiger partial charge in [0.25, 0.3) is 0 Å². The van der Waals surface area contributed by atoms with E-state index >= 15 is 0 Å². The fraction of sp³-hybridized carbons (Fsp3) is 0.556. The van der Waals surface area contributed by atoms with E-state index in [0.29, 0.717) is 6.42 Å². The third kappa shape index (κ3) is 6.88. The monoisotopic (exact) mass is 183 g/mol. The molecule has 0 aromatic rings. The fourth-order valence-corrected chi connectivity index (χ4v) is 0.795. The predicted octanol–water partition coefficient (Wildman–Crippen LogP) is 0.379. The molecule has 72 valence electrons. The molecule has 0 aliphatic carbocycles. The summed E-state index contributed by atoms with van der Waals surface area (Å²) in [5.74, 6) is 1.16. The first-order chi connectivity index (χ1) is 6.06. The Morgan fingerprint density at radius 1 is 1.54 bits per heavy atom. The van der Waals surface area contributed by atoms with Crippen LogP contribution in [0.15, 0.2) is 0 Å². The van der Waals surface area contributed by atoms with Crippen molar-refractivity contribution in [1.29, 1.82) is 0 Å². The van der Waals surface area contributed by atoms with Crippen molar-refractivity contribution in [1.82, 2.24) is 5.32 Å². The summed E-state index contributed by atoms with van der Waals surface area (Å²) in [5, 5.41) is 10.9. The van der Waals surface area contributed by atoms with Crippen LogP contribution in [0.2, 0.25) is 0 Å². The van der Waals surface area contributed by atoms with Gasteiger partial charge in [0.15, 0.2) is 0 Å². The Morgan fingerprint density at radius 2 is 2.15 bits per heavy atom. The summed E-state index contributed by atoms with van der Waals surface area (Å²) in [6.07, 6.45) is 5.35. The average molecular weight is 183 g/mol. The molecule has 0 aliphatic rings. The number of hydrogen-bond acceptors (Lipinski definition) is 2. The summed E-state index contributed by atoms with van der Waals surface area (Å²) in [5.41, 5.74) is 0. The summed E-state index contributed by atoms with van der Waals surface area (Å²) in [6, 6.07) is -0.0914. The molecule has 0 aromatic carbocycles. The number of rotatable bonds is 5. The fourth-order valence-electron chi connectivity index (χ4n) is 0.795. The Hall–Kier alpha value is -1.50. The second-order valence-electron chi connectivity index (χ2n) is 2.77. The van der Waals surface area contributed by atoms with Crippen LogP contribution >= 0.6 is 0 Å². The van der Waals surface area contributed by atoms with Crippen LogP contribution in [0, 0.1) is 12.3 Å². The zero-order chi connectivity index (χ0) is 10.3. The normalized spacial score (nSPS) is 11.4. The maximum absolute atomic E-state index is 11.0. The molecule has 0 aliphatic heterocycles. The molecule has 0 spiro atoms. The van der Waals surface area contributed by atoms with Crippen molar-refractivity contribution in [2.24, 2.45) is 0 Å². The number of aliphatic carboxylic acids is 1. The molecular weight excluding hydrogens is 170 g/mol. The number of carboxylic acid groups (broad SMARTS) is 1. The number of carboxylic acids is 1. The molecule has 1 atom stereocenters. The van der Waals surface area contributed by atoms with E-state index in [4.69, 9.17) is 11.5 Å². The standard InChI is InChI=1S/C9H13NO3/c1-3-4-7(2)10-8(11)5-6-9(12)13/h1,7H,4-6H2,2H3,(H,10,11)(H,12,13). The van der Waals surface area contributed by atoms with E-state index in [1.807, 2.05) is 0 Å². The maximum atomic E-state index is 11.0. The van der Waals surface area contributed by atoms with E-state index < -0.39 is 5.97 Å². The van der Waals surface area contributed by atoms with Crippen LogP contribution < -0.4 is 5.32 Å². The molecule has 0 saturated heterocycles. The molecule has 0 saturated carbocycles. The number of amides is 1. The molecule has 2 N–H and O–H groups in total. The van der Waals surface area contributed by atoms with Gasteiger partial charge in [-0.25, -0.2) is 0 Å². The van der Waals surface area contributed by atoms with Gasteiger partial charge >= 0.3 is 5.97 Å². The van der Waals surface area contributed by atoms with Gasteiger partial charge in [-0.15, -0.1) is 12.3 Å². The second-order valence-corrected chi connectivity index (χ2v) is 2.77. The smallest absolute Gasteiger partial charge is 0.303 e. The minimum atomic E-state index is -0.972. The van der Waals surface area contributed by atoms with Gasteiger partial charge in [0, 0.05) is 18.9 Å². The van der Waals surface area contributed by atoms with E-state index in [0.717, 1.165) is 0 Å². The highest BCUT2D eigenvalue weighted by atomic mass is 16.4. The van der Waals surface area contributed by atoms with Gasteiger partial charge < -0.3 is 10.4 Å². The largest absolute Gasteiger partial charge is 0.481 e. The zero-order valence-electron chi connectivity index (χ0n) is 7.54. The highest BCUT2D eigenvalue weighted by molar-refractivity contribution is 5.80. The lowest BCUT2D eigenvalue weighted by Crippen LogP contribution is -2.32. The Bertz CT molecular complexity index is 230. The molecule has 4 nitrogen and oxygen atoms in total. The molecule has 0 fully saturated rings. The van der Waals surface area contributed by atoms with Crippen molar-refractivity contribution in [3.63, 3.8) is 0 Å². The van der Waals surface area contributed by atoms with Crippen molar-refractivity contribution in [3.05, 3.63) is 0 Å². The lowest BCUT2D eigenvalue weighted by atomic mass is 10.2. The minimum absolute atomic E-state index is 0.00421. The average Bonchev–Trinajstić information content (AvgIpc) is 2.01. The van der Waals surface area contributed by atoms with Crippen molar-refractivity contribution < 1.29 is 14.7 Å². The van der Waals surface area contributed by atoms with Gasteiger partial charge in [-0.2, -0.15) is 0 Å². The molecule has 0 aromatic heterocycles. The van der Waals surface area contributed by atoms with Crippen molar-refractivity contribution in [2.45, 2.75) is 32.2 Å². The second kappa shape index (κ2) is 6.06. The van der Waals surface area contributed by atoms with Gasteiger partial charge in [0.2, 0.25) is 5.91 Å². The predicted molar refractivity (Wildman–Crippen MR) is 47.9 cm³/mol. The molecule has 4 heteroatoms. The summed E-state index contributed by atoms with van der Waals surface area (Å²) < 4.78 is 0. The number of terminal acetylenes is 1. The topological polar surface area (TPSA) is 66.4 Å². The summed E-state index contributed by atoms with van der Waals surface area (Å²) in [4.78, 5) is 21.1. The zero-order valence-corrected chi connectivity index (χ0v) is 7.54. The van der Waals surface area contributed by atoms with Gasteiger partial charge in [0.1, 0.15) is 0 Å². The quantitative estimate of drug-likeness (QED) is 0.605. The van der Waals surface area contributed by atoms with Crippen molar-refractivity contribution >= 4 is 11.9 Å². The molecule has 0 bridgehead atoms. The number of nitrogens with one attached hydrogen (secondary N) is 1. The van der Waals surface area contributed by atoms with Crippen LogP contribution in [0.1, 0.15) is 26.2 Å². The van der Waals surface area contributed by atoms with E-state index in [1.54, 1.807) is 6.92 Å². The van der Waals surface area contributed by atoms with Gasteiger partial charge in [-0.1, -0.05) is 0 Å². The third-order valence-electron chi connectivity index (χ3n) is 1.40. The van der Waals surface area contributed by atoms with Gasteiger partial charge in [0.05, 0.1) is 6.42 Å². The van der Waals surface area contributed by atoms with Crippen LogP contribution in [0.4, 0.5) is 0 Å². The maximum Gasteiger partial charge on any atom is 0.303 e. The molecule has 0 radical (unpaired) electrons. The van der Waals surface area contributed by atoms with Crippen LogP contribution in [-0.2, 0) is 9.59 Å². The number of hydrogen-bond donors (Lipinski definition) is 2. The van der Waals surface area contributed by atoms with E-state index in [2.05, 4.69) is 11.2 Å². The van der Waals surface area contributed by atoms with E-state index in [9.17, 15) is 9.59 Å². The Labute approximate surface area is 77.3 Å². The van der Waals surface area contributed by atoms with Crippen LogP contribution in [0.25, 0.3) is 0 Å². The highest BCUT2D eigenvalue weighted by Crippen LogP contribution is 1.92. The summed E-state index contributed by atoms with van der Waals surface area (Å²) in [7, 11) is 0. The molecule has 13 heavy (non-hydrogen) atoms. The lowest BCUT2D eigenvalue weighted by Gasteiger charge is -2.09. The number of carbonyl (C=O) groups is 2. The van der Waals surface area contributed by atoms with Crippen molar-refractivity contribution in [2.75, 3.05) is 0 Å². The van der Waals surface area contributed by atoms with E-state index in [1.165, 1.54) is 0 Å². The third-order valence-corrected chi connectivity index (χ3v) is 1.40. The van der Waals surface area contributed by atoms with Gasteiger partial charge in [-0.05, 0) is 6.92 Å².